The van der Waals surface area contributed by atoms with E-state index in [0.717, 1.165) is 16.5 Å². The predicted octanol–water partition coefficient (Wildman–Crippen LogP) is 3.84. The second-order valence-corrected chi connectivity index (χ2v) is 8.47. The predicted molar refractivity (Wildman–Crippen MR) is 137 cm³/mol. The number of ether oxygens (including phenoxy) is 1. The highest BCUT2D eigenvalue weighted by Gasteiger charge is 2.22. The Morgan fingerprint density at radius 1 is 1.03 bits per heavy atom. The van der Waals surface area contributed by atoms with Crippen LogP contribution in [0.2, 0.25) is 0 Å². The van der Waals surface area contributed by atoms with Gasteiger partial charge in [0.1, 0.15) is 34.3 Å². The van der Waals surface area contributed by atoms with Gasteiger partial charge in [-0.3, -0.25) is 9.59 Å². The van der Waals surface area contributed by atoms with Gasteiger partial charge in [0, 0.05) is 47.3 Å². The Morgan fingerprint density at radius 3 is 2.57 bits per heavy atom. The number of carboxylic acid groups (broad SMARTS) is 1. The van der Waals surface area contributed by atoms with Crippen molar-refractivity contribution in [3.05, 3.63) is 94.8 Å². The molecule has 0 aliphatic heterocycles. The number of aromatic hydroxyl groups is 1. The van der Waals surface area contributed by atoms with E-state index in [0.29, 0.717) is 11.3 Å². The Balaban J connectivity index is 1.31. The average Bonchev–Trinajstić information content (AvgIpc) is 3.30. The van der Waals surface area contributed by atoms with Crippen LogP contribution in [0.25, 0.3) is 33.2 Å². The standard InChI is InChI=1S/C28H22N2O7/c31-22-11-18(12-25-27(22)23(32)13-24(37-25)16-6-2-1-3-7-16)36-15-26(33)30-21(28(34)35)10-17-14-29-20-9-5-4-8-19(17)20/h1-9,11-14,21,29,31H,10,15H2,(H,30,33)(H,34,35)/t21-/m0/s1. The van der Waals surface area contributed by atoms with Crippen LogP contribution in [-0.2, 0) is 16.0 Å². The quantitative estimate of drug-likeness (QED) is 0.255. The van der Waals surface area contributed by atoms with Crippen LogP contribution in [0.1, 0.15) is 5.56 Å². The van der Waals surface area contributed by atoms with Gasteiger partial charge in [-0.05, 0) is 11.6 Å². The van der Waals surface area contributed by atoms with Crippen LogP contribution in [0, 0.1) is 0 Å². The van der Waals surface area contributed by atoms with Crippen molar-refractivity contribution >= 4 is 33.7 Å². The Labute approximate surface area is 209 Å². The molecule has 9 heteroatoms. The fraction of sp³-hybridized carbons (Fsp3) is 0.107. The molecule has 3 aromatic carbocycles. The minimum absolute atomic E-state index is 0.0128. The van der Waals surface area contributed by atoms with Crippen LogP contribution in [0.4, 0.5) is 0 Å². The Kier molecular flexibility index (Phi) is 6.34. The zero-order chi connectivity index (χ0) is 25.9. The molecule has 0 unspecified atom stereocenters. The van der Waals surface area contributed by atoms with Crippen molar-refractivity contribution in [2.45, 2.75) is 12.5 Å². The van der Waals surface area contributed by atoms with E-state index in [4.69, 9.17) is 9.15 Å². The van der Waals surface area contributed by atoms with Crippen molar-refractivity contribution in [2.24, 2.45) is 0 Å². The SMILES string of the molecule is O=C(COc1cc(O)c2c(=O)cc(-c3ccccc3)oc2c1)N[C@@H](Cc1c[nH]c2ccccc12)C(=O)O. The van der Waals surface area contributed by atoms with Crippen LogP contribution >= 0.6 is 0 Å². The van der Waals surface area contributed by atoms with E-state index < -0.39 is 30.0 Å². The van der Waals surface area contributed by atoms with E-state index in [1.807, 2.05) is 30.3 Å². The lowest BCUT2D eigenvalue weighted by Gasteiger charge is -2.15. The summed E-state index contributed by atoms with van der Waals surface area (Å²) in [5, 5.41) is 23.4. The molecule has 0 aliphatic carbocycles. The van der Waals surface area contributed by atoms with Crippen molar-refractivity contribution in [1.82, 2.24) is 10.3 Å². The van der Waals surface area contributed by atoms with E-state index in [1.54, 1.807) is 30.5 Å². The highest BCUT2D eigenvalue weighted by Crippen LogP contribution is 2.31. The Hall–Kier alpha value is -5.05. The minimum Gasteiger partial charge on any atom is -0.507 e. The summed E-state index contributed by atoms with van der Waals surface area (Å²) in [6.45, 7) is -0.509. The molecule has 9 nitrogen and oxygen atoms in total. The lowest BCUT2D eigenvalue weighted by atomic mass is 10.1. The van der Waals surface area contributed by atoms with Crippen molar-refractivity contribution < 1.29 is 29.0 Å². The molecule has 186 valence electrons. The Morgan fingerprint density at radius 2 is 1.78 bits per heavy atom. The average molecular weight is 498 g/mol. The summed E-state index contributed by atoms with van der Waals surface area (Å²) in [5.41, 5.74) is 1.97. The number of carbonyl (C=O) groups excluding carboxylic acids is 1. The fourth-order valence-corrected chi connectivity index (χ4v) is 4.18. The zero-order valence-corrected chi connectivity index (χ0v) is 19.4. The number of H-pyrrole nitrogens is 1. The number of para-hydroxylation sites is 1. The number of rotatable bonds is 8. The van der Waals surface area contributed by atoms with Crippen molar-refractivity contribution in [3.63, 3.8) is 0 Å². The Bertz CT molecular complexity index is 1670. The van der Waals surface area contributed by atoms with Gasteiger partial charge in [-0.2, -0.15) is 0 Å². The highest BCUT2D eigenvalue weighted by molar-refractivity contribution is 5.88. The second-order valence-electron chi connectivity index (χ2n) is 8.47. The normalized spacial score (nSPS) is 11.9. The molecule has 5 aromatic rings. The summed E-state index contributed by atoms with van der Waals surface area (Å²) in [6, 6.07) is 19.2. The molecule has 37 heavy (non-hydrogen) atoms. The molecule has 0 saturated carbocycles. The molecule has 0 radical (unpaired) electrons. The van der Waals surface area contributed by atoms with Gasteiger partial charge in [-0.15, -0.1) is 0 Å². The molecule has 1 amide bonds. The number of amides is 1. The number of hydrogen-bond acceptors (Lipinski definition) is 6. The van der Waals surface area contributed by atoms with Gasteiger partial charge in [-0.25, -0.2) is 4.79 Å². The van der Waals surface area contributed by atoms with E-state index in [9.17, 15) is 24.6 Å². The molecule has 1 atom stereocenters. The number of aromatic amines is 1. The number of aromatic nitrogens is 1. The van der Waals surface area contributed by atoms with E-state index >= 15 is 0 Å². The van der Waals surface area contributed by atoms with Crippen LogP contribution in [0.3, 0.4) is 0 Å². The molecule has 0 bridgehead atoms. The third-order valence-corrected chi connectivity index (χ3v) is 5.94. The summed E-state index contributed by atoms with van der Waals surface area (Å²) in [6.07, 6.45) is 1.80. The first kappa shape index (κ1) is 23.7. The molecule has 0 aliphatic rings. The lowest BCUT2D eigenvalue weighted by molar-refractivity contribution is -0.142. The van der Waals surface area contributed by atoms with E-state index in [-0.39, 0.29) is 28.9 Å². The van der Waals surface area contributed by atoms with Crippen LogP contribution in [-0.4, -0.2) is 39.7 Å². The third kappa shape index (κ3) is 5.01. The van der Waals surface area contributed by atoms with Gasteiger partial charge in [0.2, 0.25) is 0 Å². The fourth-order valence-electron chi connectivity index (χ4n) is 4.18. The molecule has 0 saturated heterocycles. The van der Waals surface area contributed by atoms with Crippen LogP contribution in [0.15, 0.2) is 88.2 Å². The zero-order valence-electron chi connectivity index (χ0n) is 19.4. The van der Waals surface area contributed by atoms with Gasteiger partial charge in [0.25, 0.3) is 5.91 Å². The molecule has 2 heterocycles. The van der Waals surface area contributed by atoms with E-state index in [1.165, 1.54) is 18.2 Å². The first-order valence-corrected chi connectivity index (χ1v) is 11.5. The molecular weight excluding hydrogens is 476 g/mol. The first-order valence-electron chi connectivity index (χ1n) is 11.5. The number of nitrogens with one attached hydrogen (secondary N) is 2. The van der Waals surface area contributed by atoms with Crippen LogP contribution < -0.4 is 15.5 Å². The number of hydrogen-bond donors (Lipinski definition) is 4. The third-order valence-electron chi connectivity index (χ3n) is 5.94. The van der Waals surface area contributed by atoms with Crippen LogP contribution in [0.5, 0.6) is 11.5 Å². The maximum atomic E-state index is 12.6. The largest absolute Gasteiger partial charge is 0.507 e. The maximum Gasteiger partial charge on any atom is 0.326 e. The summed E-state index contributed by atoms with van der Waals surface area (Å²) in [4.78, 5) is 40.0. The second kappa shape index (κ2) is 9.90. The summed E-state index contributed by atoms with van der Waals surface area (Å²) in [7, 11) is 0. The number of phenols is 1. The number of carboxylic acids is 1. The number of benzene rings is 3. The molecule has 5 rings (SSSR count). The topological polar surface area (TPSA) is 142 Å². The lowest BCUT2D eigenvalue weighted by Crippen LogP contribution is -2.44. The smallest absolute Gasteiger partial charge is 0.326 e. The monoisotopic (exact) mass is 498 g/mol. The molecular formula is C28H22N2O7. The van der Waals surface area contributed by atoms with Gasteiger partial charge in [0.15, 0.2) is 12.0 Å². The number of phenolic OH excluding ortho intramolecular Hbond substituents is 1. The maximum absolute atomic E-state index is 12.6. The first-order chi connectivity index (χ1) is 17.9. The van der Waals surface area contributed by atoms with Crippen molar-refractivity contribution in [3.8, 4) is 22.8 Å². The van der Waals surface area contributed by atoms with Gasteiger partial charge < -0.3 is 29.7 Å². The molecule has 2 aromatic heterocycles. The van der Waals surface area contributed by atoms with Gasteiger partial charge in [-0.1, -0.05) is 48.5 Å². The van der Waals surface area contributed by atoms with E-state index in [2.05, 4.69) is 10.3 Å². The summed E-state index contributed by atoms with van der Waals surface area (Å²) >= 11 is 0. The molecule has 0 fully saturated rings. The van der Waals surface area contributed by atoms with Crippen molar-refractivity contribution in [1.29, 1.82) is 0 Å². The summed E-state index contributed by atoms with van der Waals surface area (Å²) in [5.74, 6) is -1.81. The number of fused-ring (bicyclic) bond motifs is 2. The van der Waals surface area contributed by atoms with Gasteiger partial charge >= 0.3 is 5.97 Å². The minimum atomic E-state index is -1.18. The van der Waals surface area contributed by atoms with Gasteiger partial charge in [0.05, 0.1) is 0 Å². The highest BCUT2D eigenvalue weighted by atomic mass is 16.5. The number of carbonyl (C=O) groups is 2. The van der Waals surface area contributed by atoms with Crippen molar-refractivity contribution in [2.75, 3.05) is 6.61 Å². The molecule has 4 N–H and O–H groups in total. The number of aliphatic carboxylic acids is 1. The molecule has 0 spiro atoms. The summed E-state index contributed by atoms with van der Waals surface area (Å²) < 4.78 is 11.3.